The topological polar surface area (TPSA) is 33.2 Å². The second-order valence-corrected chi connectivity index (χ2v) is 15.4. The van der Waals surface area contributed by atoms with Gasteiger partial charge in [0.15, 0.2) is 7.14 Å². The van der Waals surface area contributed by atoms with E-state index in [4.69, 9.17) is 4.98 Å². The Labute approximate surface area is 297 Å². The van der Waals surface area contributed by atoms with Gasteiger partial charge >= 0.3 is 0 Å². The molecular formula is C47H33N2OP. The van der Waals surface area contributed by atoms with Crippen molar-refractivity contribution in [2.24, 2.45) is 0 Å². The Morgan fingerprint density at radius 2 is 0.961 bits per heavy atom. The number of anilines is 3. The highest BCUT2D eigenvalue weighted by Gasteiger charge is 2.30. The maximum Gasteiger partial charge on any atom is 0.171 e. The molecule has 0 spiro atoms. The van der Waals surface area contributed by atoms with Gasteiger partial charge < -0.3 is 9.46 Å². The summed E-state index contributed by atoms with van der Waals surface area (Å²) >= 11 is 0. The summed E-state index contributed by atoms with van der Waals surface area (Å²) in [5.74, 6) is 0. The molecule has 0 radical (unpaired) electrons. The Balaban J connectivity index is 1.35. The summed E-state index contributed by atoms with van der Waals surface area (Å²) in [4.78, 5) is 7.79. The molecule has 0 saturated carbocycles. The van der Waals surface area contributed by atoms with Crippen LogP contribution in [0.25, 0.3) is 43.7 Å². The number of hydrogen-bond donors (Lipinski definition) is 0. The average Bonchev–Trinajstić information content (AvgIpc) is 3.22. The molecule has 0 atom stereocenters. The third-order valence-corrected chi connectivity index (χ3v) is 12.7. The van der Waals surface area contributed by atoms with Crippen molar-refractivity contribution in [1.29, 1.82) is 0 Å². The molecule has 51 heavy (non-hydrogen) atoms. The molecule has 8 aromatic carbocycles. The molecule has 1 aromatic heterocycles. The number of hydrogen-bond acceptors (Lipinski definition) is 3. The summed E-state index contributed by atoms with van der Waals surface area (Å²) in [6.45, 7) is 0. The van der Waals surface area contributed by atoms with Crippen LogP contribution in [-0.4, -0.2) is 4.98 Å². The van der Waals surface area contributed by atoms with Crippen molar-refractivity contribution >= 4 is 72.6 Å². The number of aromatic nitrogens is 1. The largest absolute Gasteiger partial charge is 0.309 e. The lowest BCUT2D eigenvalue weighted by Gasteiger charge is -2.27. The Bertz CT molecular complexity index is 2620. The lowest BCUT2D eigenvalue weighted by Crippen LogP contribution is -2.24. The van der Waals surface area contributed by atoms with Crippen LogP contribution < -0.4 is 20.8 Å². The molecule has 0 saturated heterocycles. The molecule has 0 unspecified atom stereocenters. The van der Waals surface area contributed by atoms with Crippen LogP contribution in [0.3, 0.4) is 0 Å². The van der Waals surface area contributed by atoms with E-state index in [0.29, 0.717) is 0 Å². The second kappa shape index (κ2) is 12.9. The SMILES string of the molecule is O=P(c1ccccc1)(c1ccccc1)c1ccc2c(ccc3c(-c4ccccc4)nc4c(N(c5ccccc5)c5ccccc5)cccc4c32)c1. The molecule has 0 aliphatic heterocycles. The Morgan fingerprint density at radius 1 is 0.431 bits per heavy atom. The molecule has 0 aliphatic carbocycles. The fraction of sp³-hybridized carbons (Fsp3) is 0. The summed E-state index contributed by atoms with van der Waals surface area (Å²) in [5, 5.41) is 7.85. The highest BCUT2D eigenvalue weighted by molar-refractivity contribution is 7.85. The maximum atomic E-state index is 15.4. The van der Waals surface area contributed by atoms with Gasteiger partial charge in [-0.05, 0) is 47.2 Å². The van der Waals surface area contributed by atoms with E-state index in [1.807, 2.05) is 78.9 Å². The van der Waals surface area contributed by atoms with Gasteiger partial charge in [-0.25, -0.2) is 4.98 Å². The van der Waals surface area contributed by atoms with Crippen LogP contribution in [0, 0.1) is 0 Å². The zero-order valence-corrected chi connectivity index (χ0v) is 28.7. The summed E-state index contributed by atoms with van der Waals surface area (Å²) in [6, 6.07) is 68.3. The number of nitrogens with zero attached hydrogens (tertiary/aromatic N) is 2. The van der Waals surface area contributed by atoms with Gasteiger partial charge in [-0.1, -0.05) is 164 Å². The standard InChI is InChI=1S/C47H33N2OP/c50-51(38-23-12-4-13-24-38,39-25-14-5-15-26-39)40-30-32-41-35(33-40)29-31-43-45(41)42-27-16-28-44(47(42)48-46(43)34-17-6-1-7-18-34)49(36-19-8-2-9-20-36)37-21-10-3-11-22-37/h1-33H. The van der Waals surface area contributed by atoms with Crippen molar-refractivity contribution in [3.05, 3.63) is 200 Å². The van der Waals surface area contributed by atoms with Crippen LogP contribution >= 0.6 is 7.14 Å². The van der Waals surface area contributed by atoms with Gasteiger partial charge in [0, 0.05) is 49.0 Å². The van der Waals surface area contributed by atoms with Crippen molar-refractivity contribution in [2.75, 3.05) is 4.90 Å². The minimum atomic E-state index is -3.15. The molecular weight excluding hydrogens is 640 g/mol. The summed E-state index contributed by atoms with van der Waals surface area (Å²) in [6.07, 6.45) is 0. The van der Waals surface area contributed by atoms with Crippen molar-refractivity contribution in [1.82, 2.24) is 4.98 Å². The molecule has 3 nitrogen and oxygen atoms in total. The van der Waals surface area contributed by atoms with Gasteiger partial charge in [-0.3, -0.25) is 0 Å². The minimum Gasteiger partial charge on any atom is -0.309 e. The molecule has 242 valence electrons. The number of para-hydroxylation sites is 3. The van der Waals surface area contributed by atoms with Crippen molar-refractivity contribution in [2.45, 2.75) is 0 Å². The first kappa shape index (κ1) is 30.8. The van der Waals surface area contributed by atoms with Gasteiger partial charge in [-0.15, -0.1) is 0 Å². The van der Waals surface area contributed by atoms with Crippen molar-refractivity contribution < 1.29 is 4.57 Å². The first-order chi connectivity index (χ1) is 25.2. The van der Waals surface area contributed by atoms with E-state index >= 15 is 4.57 Å². The minimum absolute atomic E-state index is 0.813. The van der Waals surface area contributed by atoms with Crippen LogP contribution in [0.15, 0.2) is 200 Å². The smallest absolute Gasteiger partial charge is 0.171 e. The molecule has 0 N–H and O–H groups in total. The summed E-state index contributed by atoms with van der Waals surface area (Å²) in [5.41, 5.74) is 6.00. The van der Waals surface area contributed by atoms with Crippen molar-refractivity contribution in [3.63, 3.8) is 0 Å². The van der Waals surface area contributed by atoms with Crippen LogP contribution in [0.4, 0.5) is 17.1 Å². The lowest BCUT2D eigenvalue weighted by molar-refractivity contribution is 0.592. The van der Waals surface area contributed by atoms with E-state index in [1.165, 1.54) is 0 Å². The van der Waals surface area contributed by atoms with E-state index in [9.17, 15) is 0 Å². The summed E-state index contributed by atoms with van der Waals surface area (Å²) in [7, 11) is -3.15. The van der Waals surface area contributed by atoms with E-state index < -0.39 is 7.14 Å². The number of pyridine rings is 1. The van der Waals surface area contributed by atoms with Crippen molar-refractivity contribution in [3.8, 4) is 11.3 Å². The fourth-order valence-electron chi connectivity index (χ4n) is 7.32. The van der Waals surface area contributed by atoms with Crippen LogP contribution in [0.5, 0.6) is 0 Å². The lowest BCUT2D eigenvalue weighted by atomic mass is 9.94. The monoisotopic (exact) mass is 672 g/mol. The fourth-order valence-corrected chi connectivity index (χ4v) is 10.0. The highest BCUT2D eigenvalue weighted by atomic mass is 31.2. The van der Waals surface area contributed by atoms with Crippen LogP contribution in [0.1, 0.15) is 0 Å². The number of benzene rings is 8. The van der Waals surface area contributed by atoms with Crippen LogP contribution in [-0.2, 0) is 4.57 Å². The number of rotatable bonds is 7. The molecule has 0 aliphatic rings. The van der Waals surface area contributed by atoms with E-state index in [0.717, 1.165) is 76.7 Å². The zero-order chi connectivity index (χ0) is 34.2. The Kier molecular flexibility index (Phi) is 7.76. The first-order valence-corrected chi connectivity index (χ1v) is 18.9. The van der Waals surface area contributed by atoms with Gasteiger partial charge in [0.25, 0.3) is 0 Å². The van der Waals surface area contributed by atoms with Gasteiger partial charge in [0.05, 0.1) is 16.9 Å². The maximum absolute atomic E-state index is 15.4. The molecule has 9 aromatic rings. The normalized spacial score (nSPS) is 11.6. The molecule has 0 amide bonds. The zero-order valence-electron chi connectivity index (χ0n) is 27.8. The van der Waals surface area contributed by atoms with Crippen LogP contribution in [0.2, 0.25) is 0 Å². The molecule has 1 heterocycles. The molecule has 0 bridgehead atoms. The Hall–Kier alpha value is -6.28. The first-order valence-electron chi connectivity index (χ1n) is 17.2. The summed E-state index contributed by atoms with van der Waals surface area (Å²) < 4.78 is 15.4. The quantitative estimate of drug-likeness (QED) is 0.125. The average molecular weight is 673 g/mol. The van der Waals surface area contributed by atoms with E-state index in [-0.39, 0.29) is 0 Å². The van der Waals surface area contributed by atoms with Gasteiger partial charge in [0.2, 0.25) is 0 Å². The third-order valence-electron chi connectivity index (χ3n) is 9.69. The van der Waals surface area contributed by atoms with Gasteiger partial charge in [-0.2, -0.15) is 0 Å². The predicted molar refractivity (Wildman–Crippen MR) is 216 cm³/mol. The Morgan fingerprint density at radius 3 is 1.55 bits per heavy atom. The molecule has 4 heteroatoms. The molecule has 9 rings (SSSR count). The predicted octanol–water partition coefficient (Wildman–Crippen LogP) is 11.3. The third kappa shape index (κ3) is 5.31. The molecule has 0 fully saturated rings. The highest BCUT2D eigenvalue weighted by Crippen LogP contribution is 2.46. The number of fused-ring (bicyclic) bond motifs is 5. The second-order valence-electron chi connectivity index (χ2n) is 12.7. The van der Waals surface area contributed by atoms with E-state index in [2.05, 4.69) is 126 Å². The van der Waals surface area contributed by atoms with Gasteiger partial charge in [0.1, 0.15) is 0 Å². The van der Waals surface area contributed by atoms with E-state index in [1.54, 1.807) is 0 Å².